The Labute approximate surface area is 127 Å². The summed E-state index contributed by atoms with van der Waals surface area (Å²) in [6.45, 7) is 2.92. The predicted octanol–water partition coefficient (Wildman–Crippen LogP) is 3.60. The number of benzene rings is 1. The normalized spacial score (nSPS) is 10.6. The number of carbonyl (C=O) groups is 1. The lowest BCUT2D eigenvalue weighted by molar-refractivity contribution is 0.0718. The Morgan fingerprint density at radius 3 is 2.65 bits per heavy atom. The minimum Gasteiger partial charge on any atom is -0.395 e. The average molecular weight is 346 g/mol. The maximum Gasteiger partial charge on any atom is 0.254 e. The van der Waals surface area contributed by atoms with Crippen LogP contribution in [0.25, 0.3) is 0 Å². The molecule has 0 heterocycles. The monoisotopic (exact) mass is 345 g/mol. The Kier molecular flexibility index (Phi) is 7.77. The van der Waals surface area contributed by atoms with Gasteiger partial charge in [-0.2, -0.15) is 0 Å². The van der Waals surface area contributed by atoms with Crippen molar-refractivity contribution in [1.29, 1.82) is 0 Å². The molecule has 3 nitrogen and oxygen atoms in total. The quantitative estimate of drug-likeness (QED) is 0.731. The number of carbonyl (C=O) groups excluding carboxylic acids is 1. The smallest absolute Gasteiger partial charge is 0.254 e. The Hall–Kier alpha value is -0.940. The van der Waals surface area contributed by atoms with Crippen molar-refractivity contribution in [3.05, 3.63) is 34.1 Å². The largest absolute Gasteiger partial charge is 0.395 e. The van der Waals surface area contributed by atoms with Gasteiger partial charge in [0.1, 0.15) is 5.82 Å². The number of halogens is 2. The molecular weight excluding hydrogens is 325 g/mol. The maximum absolute atomic E-state index is 13.5. The zero-order valence-corrected chi connectivity index (χ0v) is 13.3. The maximum atomic E-state index is 13.5. The number of aliphatic hydroxyl groups excluding tert-OH is 1. The SMILES string of the molecule is CCCCCCN(CCO)C(=O)c1ccc(Br)c(F)c1. The van der Waals surface area contributed by atoms with Crippen molar-refractivity contribution in [2.75, 3.05) is 19.7 Å². The van der Waals surface area contributed by atoms with Crippen LogP contribution in [0.4, 0.5) is 4.39 Å². The van der Waals surface area contributed by atoms with Crippen molar-refractivity contribution >= 4 is 21.8 Å². The van der Waals surface area contributed by atoms with Gasteiger partial charge in [-0.15, -0.1) is 0 Å². The highest BCUT2D eigenvalue weighted by Crippen LogP contribution is 2.17. The molecule has 0 radical (unpaired) electrons. The van der Waals surface area contributed by atoms with Crippen LogP contribution in [-0.4, -0.2) is 35.6 Å². The van der Waals surface area contributed by atoms with Gasteiger partial charge in [-0.25, -0.2) is 4.39 Å². The van der Waals surface area contributed by atoms with Gasteiger partial charge in [0.15, 0.2) is 0 Å². The molecule has 1 rings (SSSR count). The number of rotatable bonds is 8. The predicted molar refractivity (Wildman–Crippen MR) is 81.2 cm³/mol. The molecule has 0 unspecified atom stereocenters. The van der Waals surface area contributed by atoms with E-state index < -0.39 is 5.82 Å². The van der Waals surface area contributed by atoms with E-state index >= 15 is 0 Å². The number of unbranched alkanes of at least 4 members (excludes halogenated alkanes) is 3. The molecule has 5 heteroatoms. The number of nitrogens with zero attached hydrogens (tertiary/aromatic N) is 1. The summed E-state index contributed by atoms with van der Waals surface area (Å²) in [6.07, 6.45) is 4.22. The van der Waals surface area contributed by atoms with Crippen LogP contribution in [0.1, 0.15) is 43.0 Å². The molecule has 0 saturated carbocycles. The molecule has 0 fully saturated rings. The van der Waals surface area contributed by atoms with E-state index in [9.17, 15) is 9.18 Å². The van der Waals surface area contributed by atoms with Crippen molar-refractivity contribution < 1.29 is 14.3 Å². The van der Waals surface area contributed by atoms with Gasteiger partial charge >= 0.3 is 0 Å². The van der Waals surface area contributed by atoms with Crippen molar-refractivity contribution in [2.24, 2.45) is 0 Å². The first kappa shape index (κ1) is 17.1. The molecule has 20 heavy (non-hydrogen) atoms. The summed E-state index contributed by atoms with van der Waals surface area (Å²) in [5.41, 5.74) is 0.314. The van der Waals surface area contributed by atoms with E-state index in [-0.39, 0.29) is 19.1 Å². The fraction of sp³-hybridized carbons (Fsp3) is 0.533. The van der Waals surface area contributed by atoms with Crippen LogP contribution in [0.5, 0.6) is 0 Å². The summed E-state index contributed by atoms with van der Waals surface area (Å²) in [4.78, 5) is 13.9. The molecule has 1 amide bonds. The van der Waals surface area contributed by atoms with Gasteiger partial charge in [-0.3, -0.25) is 4.79 Å². The highest BCUT2D eigenvalue weighted by molar-refractivity contribution is 9.10. The number of hydrogen-bond acceptors (Lipinski definition) is 2. The third kappa shape index (κ3) is 5.21. The lowest BCUT2D eigenvalue weighted by atomic mass is 10.1. The van der Waals surface area contributed by atoms with Crippen molar-refractivity contribution in [3.8, 4) is 0 Å². The first-order chi connectivity index (χ1) is 9.60. The van der Waals surface area contributed by atoms with Gasteiger partial charge in [0.05, 0.1) is 11.1 Å². The standard InChI is InChI=1S/C15H21BrFNO2/c1-2-3-4-5-8-18(9-10-19)15(20)12-6-7-13(16)14(17)11-12/h6-7,11,19H,2-5,8-10H2,1H3. The minimum absolute atomic E-state index is 0.0848. The molecule has 1 N–H and O–H groups in total. The van der Waals surface area contributed by atoms with Gasteiger partial charge in [0, 0.05) is 18.7 Å². The van der Waals surface area contributed by atoms with E-state index in [1.165, 1.54) is 12.1 Å². The Balaban J connectivity index is 2.69. The van der Waals surface area contributed by atoms with Crippen LogP contribution >= 0.6 is 15.9 Å². The molecule has 0 aliphatic rings. The summed E-state index contributed by atoms with van der Waals surface area (Å²) in [5, 5.41) is 9.06. The fourth-order valence-corrected chi connectivity index (χ4v) is 2.22. The van der Waals surface area contributed by atoms with Crippen molar-refractivity contribution in [2.45, 2.75) is 32.6 Å². The van der Waals surface area contributed by atoms with E-state index in [1.807, 2.05) is 0 Å². The van der Waals surface area contributed by atoms with E-state index in [1.54, 1.807) is 11.0 Å². The molecule has 1 aromatic rings. The van der Waals surface area contributed by atoms with Gasteiger partial charge in [-0.1, -0.05) is 26.2 Å². The van der Waals surface area contributed by atoms with Gasteiger partial charge in [0.25, 0.3) is 5.91 Å². The van der Waals surface area contributed by atoms with E-state index in [4.69, 9.17) is 5.11 Å². The summed E-state index contributed by atoms with van der Waals surface area (Å²) in [5.74, 6) is -0.687. The Morgan fingerprint density at radius 2 is 2.05 bits per heavy atom. The highest BCUT2D eigenvalue weighted by Gasteiger charge is 2.16. The van der Waals surface area contributed by atoms with Gasteiger partial charge < -0.3 is 10.0 Å². The molecule has 112 valence electrons. The summed E-state index contributed by atoms with van der Waals surface area (Å²) in [6, 6.07) is 4.34. The first-order valence-corrected chi connectivity index (χ1v) is 7.74. The second-order valence-electron chi connectivity index (χ2n) is 4.71. The van der Waals surface area contributed by atoms with E-state index in [2.05, 4.69) is 22.9 Å². The zero-order chi connectivity index (χ0) is 15.0. The molecule has 0 aliphatic carbocycles. The number of aliphatic hydroxyl groups is 1. The molecule has 0 saturated heterocycles. The first-order valence-electron chi connectivity index (χ1n) is 6.95. The third-order valence-electron chi connectivity index (χ3n) is 3.11. The topological polar surface area (TPSA) is 40.5 Å². The molecule has 0 atom stereocenters. The Bertz CT molecular complexity index is 440. The van der Waals surface area contributed by atoms with E-state index in [0.29, 0.717) is 16.6 Å². The third-order valence-corrected chi connectivity index (χ3v) is 3.75. The van der Waals surface area contributed by atoms with Crippen LogP contribution in [0.2, 0.25) is 0 Å². The second kappa shape index (κ2) is 9.08. The van der Waals surface area contributed by atoms with Crippen LogP contribution in [-0.2, 0) is 0 Å². The lowest BCUT2D eigenvalue weighted by Crippen LogP contribution is -2.34. The summed E-state index contributed by atoms with van der Waals surface area (Å²) >= 11 is 3.07. The van der Waals surface area contributed by atoms with Crippen molar-refractivity contribution in [1.82, 2.24) is 4.90 Å². The summed E-state index contributed by atoms with van der Waals surface area (Å²) < 4.78 is 13.8. The van der Waals surface area contributed by atoms with Crippen LogP contribution in [0.15, 0.2) is 22.7 Å². The van der Waals surface area contributed by atoms with Crippen LogP contribution in [0.3, 0.4) is 0 Å². The average Bonchev–Trinajstić information content (AvgIpc) is 2.44. The minimum atomic E-state index is -0.453. The van der Waals surface area contributed by atoms with Crippen LogP contribution in [0, 0.1) is 5.82 Å². The van der Waals surface area contributed by atoms with E-state index in [0.717, 1.165) is 25.7 Å². The molecular formula is C15H21BrFNO2. The lowest BCUT2D eigenvalue weighted by Gasteiger charge is -2.22. The number of hydrogen-bond donors (Lipinski definition) is 1. The summed E-state index contributed by atoms with van der Waals surface area (Å²) in [7, 11) is 0. The fourth-order valence-electron chi connectivity index (χ4n) is 1.98. The van der Waals surface area contributed by atoms with Gasteiger partial charge in [0.2, 0.25) is 0 Å². The van der Waals surface area contributed by atoms with Crippen molar-refractivity contribution in [3.63, 3.8) is 0 Å². The van der Waals surface area contributed by atoms with Crippen LogP contribution < -0.4 is 0 Å². The highest BCUT2D eigenvalue weighted by atomic mass is 79.9. The second-order valence-corrected chi connectivity index (χ2v) is 5.56. The number of amides is 1. The Morgan fingerprint density at radius 1 is 1.30 bits per heavy atom. The molecule has 0 aliphatic heterocycles. The zero-order valence-electron chi connectivity index (χ0n) is 11.7. The molecule has 0 bridgehead atoms. The molecule has 0 aromatic heterocycles. The molecule has 0 spiro atoms. The van der Waals surface area contributed by atoms with Gasteiger partial charge in [-0.05, 0) is 40.5 Å². The molecule has 1 aromatic carbocycles.